The minimum absolute atomic E-state index is 0.300. The van der Waals surface area contributed by atoms with Crippen molar-refractivity contribution < 1.29 is 31.9 Å². The number of ether oxygens (including phenoxy) is 2. The molecule has 28 heavy (non-hydrogen) atoms. The average molecular weight is 410 g/mol. The molecule has 0 saturated heterocycles. The summed E-state index contributed by atoms with van der Waals surface area (Å²) in [6, 6.07) is 7.79. The van der Waals surface area contributed by atoms with Crippen LogP contribution in [0.4, 0.5) is 13.2 Å². The second-order valence-corrected chi connectivity index (χ2v) is 12.0. The number of fused-ring (bicyclic) bond motifs is 1. The summed E-state index contributed by atoms with van der Waals surface area (Å²) in [5, 5.41) is 0. The quantitative estimate of drug-likeness (QED) is 0.650. The number of methoxy groups -OCH3 is 2. The van der Waals surface area contributed by atoms with E-state index in [4.69, 9.17) is 13.9 Å². The summed E-state index contributed by atoms with van der Waals surface area (Å²) in [4.78, 5) is 13.2. The van der Waals surface area contributed by atoms with Crippen molar-refractivity contribution in [3.8, 4) is 11.5 Å². The molecule has 0 radical (unpaired) electrons. The second kappa shape index (κ2) is 6.63. The summed E-state index contributed by atoms with van der Waals surface area (Å²) < 4.78 is 55.8. The number of hydrogen-bond donors (Lipinski definition) is 0. The molecule has 0 spiro atoms. The highest BCUT2D eigenvalue weighted by atomic mass is 28.4. The molecule has 4 nitrogen and oxygen atoms in total. The molecule has 0 aromatic heterocycles. The summed E-state index contributed by atoms with van der Waals surface area (Å²) in [5.74, 6) is 0.526. The van der Waals surface area contributed by atoms with E-state index in [1.54, 1.807) is 12.1 Å². The monoisotopic (exact) mass is 410 g/mol. The summed E-state index contributed by atoms with van der Waals surface area (Å²) in [7, 11) is 0.673. The van der Waals surface area contributed by atoms with Gasteiger partial charge in [-0.1, -0.05) is 12.1 Å². The number of Topliss-reactive ketones (excluding diaryl/α,β-unsaturated/α-hetero) is 1. The molecule has 0 N–H and O–H groups in total. The first kappa shape index (κ1) is 20.4. The van der Waals surface area contributed by atoms with Gasteiger partial charge in [0.2, 0.25) is 5.78 Å². The number of halogens is 3. The molecule has 3 rings (SSSR count). The largest absolute Gasteiger partial charge is 0.493 e. The van der Waals surface area contributed by atoms with Gasteiger partial charge in [0.1, 0.15) is 0 Å². The third kappa shape index (κ3) is 3.20. The zero-order valence-corrected chi connectivity index (χ0v) is 17.2. The van der Waals surface area contributed by atoms with Crippen molar-refractivity contribution in [1.82, 2.24) is 0 Å². The van der Waals surface area contributed by atoms with E-state index >= 15 is 0 Å². The van der Waals surface area contributed by atoms with Crippen molar-refractivity contribution in [3.05, 3.63) is 58.7 Å². The molecular weight excluding hydrogens is 389 g/mol. The molecule has 0 bridgehead atoms. The van der Waals surface area contributed by atoms with Gasteiger partial charge in [0.25, 0.3) is 0 Å². The lowest BCUT2D eigenvalue weighted by atomic mass is 9.68. The topological polar surface area (TPSA) is 44.8 Å². The smallest absolute Gasteiger partial charge is 0.416 e. The molecule has 0 saturated carbocycles. The van der Waals surface area contributed by atoms with Crippen LogP contribution in [0, 0.1) is 0 Å². The predicted molar refractivity (Wildman–Crippen MR) is 101 cm³/mol. The van der Waals surface area contributed by atoms with Crippen LogP contribution in [0.25, 0.3) is 0 Å². The van der Waals surface area contributed by atoms with Crippen molar-refractivity contribution in [1.29, 1.82) is 0 Å². The van der Waals surface area contributed by atoms with Gasteiger partial charge in [-0.15, -0.1) is 0 Å². The van der Waals surface area contributed by atoms with E-state index in [0.29, 0.717) is 28.2 Å². The van der Waals surface area contributed by atoms with Crippen molar-refractivity contribution in [2.75, 3.05) is 14.2 Å². The Labute approximate surface area is 162 Å². The Morgan fingerprint density at radius 1 is 0.929 bits per heavy atom. The Morgan fingerprint density at radius 3 is 1.93 bits per heavy atom. The minimum Gasteiger partial charge on any atom is -0.493 e. The van der Waals surface area contributed by atoms with Gasteiger partial charge in [-0.25, -0.2) is 0 Å². The third-order valence-corrected chi connectivity index (χ3v) is 5.46. The maximum Gasteiger partial charge on any atom is 0.416 e. The molecule has 0 amide bonds. The summed E-state index contributed by atoms with van der Waals surface area (Å²) >= 11 is 0. The number of carbonyl (C=O) groups excluding carboxylic acids is 1. The van der Waals surface area contributed by atoms with E-state index in [1.165, 1.54) is 26.4 Å². The average Bonchev–Trinajstić information content (AvgIpc) is 2.63. The van der Waals surface area contributed by atoms with E-state index in [2.05, 4.69) is 0 Å². The molecule has 0 aliphatic heterocycles. The van der Waals surface area contributed by atoms with Crippen LogP contribution in [0.15, 0.2) is 36.4 Å². The fourth-order valence-electron chi connectivity index (χ4n) is 3.41. The molecule has 1 aliphatic rings. The Hall–Kier alpha value is -2.32. The molecule has 1 unspecified atom stereocenters. The molecular formula is C20H21F3O4Si. The van der Waals surface area contributed by atoms with E-state index < -0.39 is 25.7 Å². The van der Waals surface area contributed by atoms with Crippen LogP contribution in [0.2, 0.25) is 19.6 Å². The van der Waals surface area contributed by atoms with Gasteiger partial charge >= 0.3 is 6.18 Å². The molecule has 0 fully saturated rings. The Morgan fingerprint density at radius 2 is 1.46 bits per heavy atom. The van der Waals surface area contributed by atoms with E-state index in [0.717, 1.165) is 12.1 Å². The highest BCUT2D eigenvalue weighted by Gasteiger charge is 2.56. The van der Waals surface area contributed by atoms with Gasteiger partial charge in [-0.2, -0.15) is 13.2 Å². The number of carbonyl (C=O) groups is 1. The van der Waals surface area contributed by atoms with Crippen molar-refractivity contribution in [2.24, 2.45) is 0 Å². The maximum absolute atomic E-state index is 13.2. The highest BCUT2D eigenvalue weighted by molar-refractivity contribution is 6.70. The zero-order chi connectivity index (χ0) is 20.9. The van der Waals surface area contributed by atoms with Crippen molar-refractivity contribution >= 4 is 14.1 Å². The maximum atomic E-state index is 13.2. The van der Waals surface area contributed by atoms with Crippen LogP contribution < -0.4 is 9.47 Å². The first-order valence-electron chi connectivity index (χ1n) is 8.63. The number of rotatable bonds is 5. The molecule has 1 atom stereocenters. The number of benzene rings is 2. The standard InChI is InChI=1S/C20H21F3O4Si/c1-25-16-10-14-15(11-17(16)26-2)19(18(14)24,27-28(3,4)5)12-6-8-13(9-7-12)20(21,22)23/h6-11H,1-5H3. The molecule has 150 valence electrons. The predicted octanol–water partition coefficient (Wildman–Crippen LogP) is 5.01. The van der Waals surface area contributed by atoms with Crippen LogP contribution >= 0.6 is 0 Å². The lowest BCUT2D eigenvalue weighted by Gasteiger charge is -2.46. The van der Waals surface area contributed by atoms with Gasteiger partial charge in [0, 0.05) is 11.1 Å². The fraction of sp³-hybridized carbons (Fsp3) is 0.350. The number of ketones is 1. The van der Waals surface area contributed by atoms with Crippen LogP contribution in [-0.4, -0.2) is 28.3 Å². The molecule has 2 aromatic rings. The fourth-order valence-corrected chi connectivity index (χ4v) is 4.65. The zero-order valence-electron chi connectivity index (χ0n) is 16.2. The molecule has 8 heteroatoms. The van der Waals surface area contributed by atoms with Gasteiger partial charge in [-0.3, -0.25) is 4.79 Å². The Balaban J connectivity index is 2.20. The summed E-state index contributed by atoms with van der Waals surface area (Å²) in [6.45, 7) is 5.76. The first-order valence-corrected chi connectivity index (χ1v) is 12.0. The first-order chi connectivity index (χ1) is 12.9. The minimum atomic E-state index is -4.45. The lowest BCUT2D eigenvalue weighted by Crippen LogP contribution is -2.54. The van der Waals surface area contributed by atoms with E-state index in [1.807, 2.05) is 19.6 Å². The van der Waals surface area contributed by atoms with Crippen molar-refractivity contribution in [3.63, 3.8) is 0 Å². The van der Waals surface area contributed by atoms with Crippen LogP contribution in [-0.2, 0) is 16.2 Å². The SMILES string of the molecule is COc1cc2c(cc1OC)C(O[Si](C)(C)C)(c1ccc(C(F)(F)F)cc1)C2=O. The Kier molecular flexibility index (Phi) is 4.83. The molecule has 2 aromatic carbocycles. The van der Waals surface area contributed by atoms with E-state index in [9.17, 15) is 18.0 Å². The van der Waals surface area contributed by atoms with Gasteiger partial charge in [0.05, 0.1) is 19.8 Å². The number of hydrogen-bond acceptors (Lipinski definition) is 4. The van der Waals surface area contributed by atoms with Crippen molar-refractivity contribution in [2.45, 2.75) is 31.4 Å². The summed E-state index contributed by atoms with van der Waals surface area (Å²) in [5.41, 5.74) is -0.872. The molecule has 1 aliphatic carbocycles. The second-order valence-electron chi connectivity index (χ2n) is 7.55. The van der Waals surface area contributed by atoms with Gasteiger partial charge in [0.15, 0.2) is 25.4 Å². The normalized spacial score (nSPS) is 19.1. The highest BCUT2D eigenvalue weighted by Crippen LogP contribution is 2.52. The number of alkyl halides is 3. The van der Waals surface area contributed by atoms with Crippen LogP contribution in [0.5, 0.6) is 11.5 Å². The lowest BCUT2D eigenvalue weighted by molar-refractivity contribution is -0.137. The van der Waals surface area contributed by atoms with Gasteiger partial charge < -0.3 is 13.9 Å². The van der Waals surface area contributed by atoms with Crippen LogP contribution in [0.1, 0.15) is 27.0 Å². The molecule has 0 heterocycles. The third-order valence-electron chi connectivity index (χ3n) is 4.55. The van der Waals surface area contributed by atoms with E-state index in [-0.39, 0.29) is 5.78 Å². The van der Waals surface area contributed by atoms with Gasteiger partial charge in [-0.05, 0) is 49.5 Å². The Bertz CT molecular complexity index is 917. The summed E-state index contributed by atoms with van der Waals surface area (Å²) in [6.07, 6.45) is -4.45. The van der Waals surface area contributed by atoms with Crippen LogP contribution in [0.3, 0.4) is 0 Å².